The highest BCUT2D eigenvalue weighted by Gasteiger charge is 2.08. The average molecular weight is 265 g/mol. The second-order valence-electron chi connectivity index (χ2n) is 3.81. The number of aromatic amines is 1. The summed E-state index contributed by atoms with van der Waals surface area (Å²) in [5.41, 5.74) is 6.32. The zero-order valence-corrected chi connectivity index (χ0v) is 10.9. The van der Waals surface area contributed by atoms with Crippen molar-refractivity contribution in [2.45, 2.75) is 30.8 Å². The van der Waals surface area contributed by atoms with E-state index < -0.39 is 0 Å². The van der Waals surface area contributed by atoms with Crippen LogP contribution in [0.15, 0.2) is 28.2 Å². The van der Waals surface area contributed by atoms with Gasteiger partial charge >= 0.3 is 5.69 Å². The number of H-pyrrole nitrogens is 1. The van der Waals surface area contributed by atoms with E-state index in [1.54, 1.807) is 10.6 Å². The Balaban J connectivity index is 2.08. The molecule has 0 spiro atoms. The molecule has 3 N–H and O–H groups in total. The van der Waals surface area contributed by atoms with E-state index in [4.69, 9.17) is 5.73 Å². The van der Waals surface area contributed by atoms with Crippen LogP contribution in [-0.2, 0) is 12.3 Å². The Bertz CT molecular complexity index is 577. The second-order valence-corrected chi connectivity index (χ2v) is 4.75. The van der Waals surface area contributed by atoms with Gasteiger partial charge in [-0.25, -0.2) is 14.9 Å². The maximum atomic E-state index is 11.5. The topological polar surface area (TPSA) is 89.6 Å². The average Bonchev–Trinajstić information content (AvgIpc) is 2.69. The van der Waals surface area contributed by atoms with Crippen LogP contribution in [0.5, 0.6) is 0 Å². The van der Waals surface area contributed by atoms with E-state index in [1.807, 2.05) is 19.1 Å². The molecule has 0 aliphatic heterocycles. The summed E-state index contributed by atoms with van der Waals surface area (Å²) >= 11 is 1.47. The van der Waals surface area contributed by atoms with Crippen LogP contribution >= 0.6 is 11.8 Å². The molecule has 0 aliphatic rings. The summed E-state index contributed by atoms with van der Waals surface area (Å²) in [5, 5.41) is 7.15. The summed E-state index contributed by atoms with van der Waals surface area (Å²) in [6.07, 6.45) is 0.892. The summed E-state index contributed by atoms with van der Waals surface area (Å²) < 4.78 is 1.64. The zero-order chi connectivity index (χ0) is 13.0. The van der Waals surface area contributed by atoms with Gasteiger partial charge in [-0.05, 0) is 18.6 Å². The van der Waals surface area contributed by atoms with Gasteiger partial charge in [-0.15, -0.1) is 5.10 Å². The Labute approximate surface area is 109 Å². The molecule has 2 rings (SSSR count). The van der Waals surface area contributed by atoms with Crippen LogP contribution in [0, 0.1) is 0 Å². The lowest BCUT2D eigenvalue weighted by Crippen LogP contribution is -2.17. The standard InChI is InChI=1S/C11H15N5OS/c1-2-6-16-10(17)14-15-11(16)18-7-8-4-3-5-9(12)13-8/h3-5H,2,6-7H2,1H3,(H2,12,13)(H,14,17). The highest BCUT2D eigenvalue weighted by atomic mass is 32.2. The zero-order valence-electron chi connectivity index (χ0n) is 10.1. The van der Waals surface area contributed by atoms with E-state index in [1.165, 1.54) is 11.8 Å². The Hall–Kier alpha value is -1.76. The molecule has 0 fully saturated rings. The van der Waals surface area contributed by atoms with Gasteiger partial charge in [0.2, 0.25) is 0 Å². The minimum absolute atomic E-state index is 0.167. The summed E-state index contributed by atoms with van der Waals surface area (Å²) in [5.74, 6) is 1.14. The predicted molar refractivity (Wildman–Crippen MR) is 71.3 cm³/mol. The fourth-order valence-corrected chi connectivity index (χ4v) is 2.43. The third kappa shape index (κ3) is 2.92. The van der Waals surface area contributed by atoms with Gasteiger partial charge in [0.15, 0.2) is 5.16 Å². The molecule has 0 atom stereocenters. The van der Waals surface area contributed by atoms with E-state index in [-0.39, 0.29) is 5.69 Å². The molecule has 0 aromatic carbocycles. The van der Waals surface area contributed by atoms with Crippen molar-refractivity contribution in [3.8, 4) is 0 Å². The molecule has 0 radical (unpaired) electrons. The molecule has 6 nitrogen and oxygen atoms in total. The van der Waals surface area contributed by atoms with Crippen molar-refractivity contribution in [1.29, 1.82) is 0 Å². The van der Waals surface area contributed by atoms with Crippen molar-refractivity contribution in [3.63, 3.8) is 0 Å². The number of hydrogen-bond donors (Lipinski definition) is 2. The fraction of sp³-hybridized carbons (Fsp3) is 0.364. The van der Waals surface area contributed by atoms with E-state index in [0.29, 0.717) is 23.3 Å². The minimum atomic E-state index is -0.167. The first-order valence-corrected chi connectivity index (χ1v) is 6.68. The lowest BCUT2D eigenvalue weighted by atomic mass is 10.4. The highest BCUT2D eigenvalue weighted by Crippen LogP contribution is 2.19. The number of hydrogen-bond acceptors (Lipinski definition) is 5. The highest BCUT2D eigenvalue weighted by molar-refractivity contribution is 7.98. The van der Waals surface area contributed by atoms with Gasteiger partial charge in [0.1, 0.15) is 5.82 Å². The third-order valence-electron chi connectivity index (χ3n) is 2.35. The molecule has 7 heteroatoms. The number of nitrogens with one attached hydrogen (secondary N) is 1. The monoisotopic (exact) mass is 265 g/mol. The predicted octanol–water partition coefficient (Wildman–Crippen LogP) is 1.25. The molecule has 96 valence electrons. The lowest BCUT2D eigenvalue weighted by Gasteiger charge is -2.03. The molecule has 2 aromatic rings. The molecule has 2 heterocycles. The summed E-state index contributed by atoms with van der Waals surface area (Å²) in [6, 6.07) is 5.51. The quantitative estimate of drug-likeness (QED) is 0.794. The van der Waals surface area contributed by atoms with Crippen LogP contribution < -0.4 is 11.4 Å². The molecule has 2 aromatic heterocycles. The van der Waals surface area contributed by atoms with Gasteiger partial charge in [0.05, 0.1) is 5.69 Å². The van der Waals surface area contributed by atoms with E-state index in [9.17, 15) is 4.79 Å². The molecule has 0 unspecified atom stereocenters. The Morgan fingerprint density at radius 2 is 2.33 bits per heavy atom. The van der Waals surface area contributed by atoms with Gasteiger partial charge in [0.25, 0.3) is 0 Å². The molecular weight excluding hydrogens is 250 g/mol. The smallest absolute Gasteiger partial charge is 0.343 e. The van der Waals surface area contributed by atoms with E-state index in [0.717, 1.165) is 12.1 Å². The maximum absolute atomic E-state index is 11.5. The van der Waals surface area contributed by atoms with Crippen LogP contribution in [0.4, 0.5) is 5.82 Å². The Morgan fingerprint density at radius 1 is 1.50 bits per heavy atom. The third-order valence-corrected chi connectivity index (χ3v) is 3.36. The number of nitrogen functional groups attached to an aromatic ring is 1. The van der Waals surface area contributed by atoms with Gasteiger partial charge in [-0.2, -0.15) is 0 Å². The number of rotatable bonds is 5. The first-order valence-electron chi connectivity index (χ1n) is 5.70. The normalized spacial score (nSPS) is 10.7. The first kappa shape index (κ1) is 12.7. The van der Waals surface area contributed by atoms with Crippen molar-refractivity contribution in [1.82, 2.24) is 19.7 Å². The largest absolute Gasteiger partial charge is 0.384 e. The first-order chi connectivity index (χ1) is 8.70. The van der Waals surface area contributed by atoms with Crippen LogP contribution in [-0.4, -0.2) is 19.7 Å². The van der Waals surface area contributed by atoms with E-state index in [2.05, 4.69) is 15.2 Å². The van der Waals surface area contributed by atoms with Crippen LogP contribution in [0.25, 0.3) is 0 Å². The van der Waals surface area contributed by atoms with Crippen LogP contribution in [0.2, 0.25) is 0 Å². The Kier molecular flexibility index (Phi) is 4.03. The van der Waals surface area contributed by atoms with Crippen LogP contribution in [0.3, 0.4) is 0 Å². The number of thioether (sulfide) groups is 1. The molecule has 18 heavy (non-hydrogen) atoms. The molecule has 0 bridgehead atoms. The number of anilines is 1. The van der Waals surface area contributed by atoms with Gasteiger partial charge < -0.3 is 5.73 Å². The number of nitrogens with zero attached hydrogens (tertiary/aromatic N) is 3. The lowest BCUT2D eigenvalue weighted by molar-refractivity contribution is 0.603. The molecule has 0 amide bonds. The number of aromatic nitrogens is 4. The SMILES string of the molecule is CCCn1c(SCc2cccc(N)n2)n[nH]c1=O. The van der Waals surface area contributed by atoms with Crippen molar-refractivity contribution in [2.75, 3.05) is 5.73 Å². The van der Waals surface area contributed by atoms with Crippen molar-refractivity contribution in [3.05, 3.63) is 34.4 Å². The Morgan fingerprint density at radius 3 is 3.06 bits per heavy atom. The van der Waals surface area contributed by atoms with E-state index >= 15 is 0 Å². The summed E-state index contributed by atoms with van der Waals surface area (Å²) in [4.78, 5) is 15.7. The number of pyridine rings is 1. The van der Waals surface area contributed by atoms with Crippen LogP contribution in [0.1, 0.15) is 19.0 Å². The molecular formula is C11H15N5OS. The molecule has 0 saturated heterocycles. The minimum Gasteiger partial charge on any atom is -0.384 e. The fourth-order valence-electron chi connectivity index (χ4n) is 1.55. The second kappa shape index (κ2) is 5.72. The van der Waals surface area contributed by atoms with Gasteiger partial charge in [-0.3, -0.25) is 4.57 Å². The van der Waals surface area contributed by atoms with Crippen molar-refractivity contribution >= 4 is 17.6 Å². The summed E-state index contributed by atoms with van der Waals surface area (Å²) in [6.45, 7) is 2.69. The molecule has 0 saturated carbocycles. The molecule has 0 aliphatic carbocycles. The number of nitrogens with two attached hydrogens (primary N) is 1. The summed E-state index contributed by atoms with van der Waals surface area (Å²) in [7, 11) is 0. The maximum Gasteiger partial charge on any atom is 0.343 e. The van der Waals surface area contributed by atoms with Gasteiger partial charge in [-0.1, -0.05) is 24.8 Å². The van der Waals surface area contributed by atoms with Gasteiger partial charge in [0, 0.05) is 12.3 Å². The van der Waals surface area contributed by atoms with Crippen molar-refractivity contribution in [2.24, 2.45) is 0 Å². The van der Waals surface area contributed by atoms with Crippen molar-refractivity contribution < 1.29 is 0 Å².